The first-order valence-corrected chi connectivity index (χ1v) is 7.68. The summed E-state index contributed by atoms with van der Waals surface area (Å²) >= 11 is 6.11. The lowest BCUT2D eigenvalue weighted by atomic mass is 10.2. The van der Waals surface area contributed by atoms with Gasteiger partial charge >= 0.3 is 11.1 Å². The summed E-state index contributed by atoms with van der Waals surface area (Å²) in [4.78, 5) is 24.8. The summed E-state index contributed by atoms with van der Waals surface area (Å²) in [6, 6.07) is 14.2. The largest absolute Gasteiger partial charge is 0.497 e. The van der Waals surface area contributed by atoms with Gasteiger partial charge in [0.15, 0.2) is 0 Å². The van der Waals surface area contributed by atoms with Crippen molar-refractivity contribution in [2.75, 3.05) is 7.11 Å². The molecule has 2 aromatic carbocycles. The molecule has 1 heterocycles. The van der Waals surface area contributed by atoms with Crippen molar-refractivity contribution in [2.24, 2.45) is 0 Å². The summed E-state index contributed by atoms with van der Waals surface area (Å²) in [6.07, 6.45) is 3.14. The molecule has 1 aromatic heterocycles. The lowest BCUT2D eigenvalue weighted by Gasteiger charge is -2.10. The van der Waals surface area contributed by atoms with E-state index in [-0.39, 0.29) is 6.54 Å². The fourth-order valence-corrected chi connectivity index (χ4v) is 2.60. The van der Waals surface area contributed by atoms with Gasteiger partial charge in [-0.05, 0) is 23.8 Å². The van der Waals surface area contributed by atoms with Crippen LogP contribution in [0.25, 0.3) is 5.69 Å². The second-order valence-corrected chi connectivity index (χ2v) is 5.61. The lowest BCUT2D eigenvalue weighted by Crippen LogP contribution is -2.40. The van der Waals surface area contributed by atoms with E-state index >= 15 is 0 Å². The fraction of sp³-hybridized carbons (Fsp3) is 0.111. The maximum Gasteiger partial charge on any atom is 0.320 e. The first-order chi connectivity index (χ1) is 11.6. The third-order valence-electron chi connectivity index (χ3n) is 3.69. The highest BCUT2D eigenvalue weighted by Gasteiger charge is 2.09. The predicted molar refractivity (Wildman–Crippen MR) is 93.4 cm³/mol. The number of methoxy groups -OCH3 is 1. The van der Waals surface area contributed by atoms with Crippen molar-refractivity contribution in [3.63, 3.8) is 0 Å². The molecule has 24 heavy (non-hydrogen) atoms. The Morgan fingerprint density at radius 2 is 1.79 bits per heavy atom. The standard InChI is InChI=1S/C18H15ClN2O3/c1-24-15-7-4-6-14(11-15)21-10-9-20(17(22)18(21)23)12-13-5-2-3-8-16(13)19/h2-11H,12H2,1H3. The Bertz CT molecular complexity index is 992. The van der Waals surface area contributed by atoms with Crippen LogP contribution in [0.15, 0.2) is 70.5 Å². The van der Waals surface area contributed by atoms with Crippen molar-refractivity contribution in [3.05, 3.63) is 92.2 Å². The van der Waals surface area contributed by atoms with Crippen LogP contribution >= 0.6 is 11.6 Å². The molecule has 0 fully saturated rings. The van der Waals surface area contributed by atoms with E-state index in [0.29, 0.717) is 16.5 Å². The maximum atomic E-state index is 12.4. The molecule has 3 rings (SSSR count). The smallest absolute Gasteiger partial charge is 0.320 e. The average Bonchev–Trinajstić information content (AvgIpc) is 2.61. The van der Waals surface area contributed by atoms with Gasteiger partial charge in [-0.1, -0.05) is 35.9 Å². The Kier molecular flexibility index (Phi) is 4.53. The molecule has 3 aromatic rings. The van der Waals surface area contributed by atoms with Crippen molar-refractivity contribution in [1.29, 1.82) is 0 Å². The number of halogens is 1. The normalized spacial score (nSPS) is 10.6. The van der Waals surface area contributed by atoms with E-state index in [9.17, 15) is 9.59 Å². The summed E-state index contributed by atoms with van der Waals surface area (Å²) in [6.45, 7) is 0.243. The molecular weight excluding hydrogens is 328 g/mol. The molecule has 0 spiro atoms. The van der Waals surface area contributed by atoms with Crippen molar-refractivity contribution in [3.8, 4) is 11.4 Å². The van der Waals surface area contributed by atoms with Crippen LogP contribution in [0.4, 0.5) is 0 Å². The zero-order valence-corrected chi connectivity index (χ0v) is 13.7. The molecule has 6 heteroatoms. The summed E-state index contributed by atoms with van der Waals surface area (Å²) in [5.74, 6) is 0.611. The number of hydrogen-bond acceptors (Lipinski definition) is 3. The first-order valence-electron chi connectivity index (χ1n) is 7.30. The molecule has 0 N–H and O–H groups in total. The fourth-order valence-electron chi connectivity index (χ4n) is 2.41. The summed E-state index contributed by atoms with van der Waals surface area (Å²) in [7, 11) is 1.55. The van der Waals surface area contributed by atoms with Crippen LogP contribution in [0, 0.1) is 0 Å². The Labute approximate surface area is 143 Å². The van der Waals surface area contributed by atoms with Gasteiger partial charge in [0.05, 0.1) is 19.3 Å². The highest BCUT2D eigenvalue weighted by molar-refractivity contribution is 6.31. The third-order valence-corrected chi connectivity index (χ3v) is 4.06. The minimum Gasteiger partial charge on any atom is -0.497 e. The molecule has 0 saturated carbocycles. The van der Waals surface area contributed by atoms with E-state index in [1.807, 2.05) is 18.2 Å². The van der Waals surface area contributed by atoms with Crippen molar-refractivity contribution >= 4 is 11.6 Å². The molecule has 0 amide bonds. The van der Waals surface area contributed by atoms with E-state index in [1.165, 1.54) is 9.13 Å². The van der Waals surface area contributed by atoms with E-state index in [1.54, 1.807) is 49.8 Å². The predicted octanol–water partition coefficient (Wildman–Crippen LogP) is 2.71. The number of benzene rings is 2. The Hall–Kier alpha value is -2.79. The van der Waals surface area contributed by atoms with Crippen LogP contribution in [-0.4, -0.2) is 16.2 Å². The molecule has 0 aliphatic carbocycles. The summed E-state index contributed by atoms with van der Waals surface area (Å²) in [5.41, 5.74) is 0.110. The molecule has 0 saturated heterocycles. The average molecular weight is 343 g/mol. The second-order valence-electron chi connectivity index (χ2n) is 5.20. The van der Waals surface area contributed by atoms with Gasteiger partial charge in [-0.25, -0.2) is 0 Å². The molecule has 5 nitrogen and oxygen atoms in total. The van der Waals surface area contributed by atoms with Crippen LogP contribution in [0.5, 0.6) is 5.75 Å². The number of hydrogen-bond donors (Lipinski definition) is 0. The zero-order chi connectivity index (χ0) is 17.1. The number of nitrogens with zero attached hydrogens (tertiary/aromatic N) is 2. The van der Waals surface area contributed by atoms with Gasteiger partial charge in [0.2, 0.25) is 0 Å². The van der Waals surface area contributed by atoms with Crippen LogP contribution in [-0.2, 0) is 6.54 Å². The molecule has 0 bridgehead atoms. The topological polar surface area (TPSA) is 53.2 Å². The van der Waals surface area contributed by atoms with E-state index < -0.39 is 11.1 Å². The Balaban J connectivity index is 2.02. The van der Waals surface area contributed by atoms with Gasteiger partial charge in [-0.15, -0.1) is 0 Å². The number of aromatic nitrogens is 2. The minimum atomic E-state index is -0.627. The monoisotopic (exact) mass is 342 g/mol. The maximum absolute atomic E-state index is 12.4. The van der Waals surface area contributed by atoms with Gasteiger partial charge in [0.1, 0.15) is 5.75 Å². The number of rotatable bonds is 4. The second kappa shape index (κ2) is 6.76. The highest BCUT2D eigenvalue weighted by Crippen LogP contribution is 2.16. The Morgan fingerprint density at radius 1 is 1.00 bits per heavy atom. The summed E-state index contributed by atoms with van der Waals surface area (Å²) < 4.78 is 7.80. The zero-order valence-electron chi connectivity index (χ0n) is 13.0. The van der Waals surface area contributed by atoms with Gasteiger partial charge in [0.25, 0.3) is 0 Å². The van der Waals surface area contributed by atoms with Crippen LogP contribution < -0.4 is 15.9 Å². The number of ether oxygens (including phenoxy) is 1. The van der Waals surface area contributed by atoms with Crippen LogP contribution in [0.3, 0.4) is 0 Å². The van der Waals surface area contributed by atoms with Gasteiger partial charge < -0.3 is 9.30 Å². The van der Waals surface area contributed by atoms with E-state index in [4.69, 9.17) is 16.3 Å². The quantitative estimate of drug-likeness (QED) is 0.685. The van der Waals surface area contributed by atoms with Crippen molar-refractivity contribution in [1.82, 2.24) is 9.13 Å². The first kappa shape index (κ1) is 16.1. The van der Waals surface area contributed by atoms with Crippen LogP contribution in [0.2, 0.25) is 5.02 Å². The van der Waals surface area contributed by atoms with Crippen molar-refractivity contribution < 1.29 is 4.74 Å². The molecule has 122 valence electrons. The summed E-state index contributed by atoms with van der Waals surface area (Å²) in [5, 5.41) is 0.557. The molecule has 0 atom stereocenters. The highest BCUT2D eigenvalue weighted by atomic mass is 35.5. The van der Waals surface area contributed by atoms with Gasteiger partial charge in [-0.2, -0.15) is 0 Å². The minimum absolute atomic E-state index is 0.243. The van der Waals surface area contributed by atoms with Gasteiger partial charge in [-0.3, -0.25) is 14.2 Å². The van der Waals surface area contributed by atoms with Gasteiger partial charge in [0, 0.05) is 23.5 Å². The SMILES string of the molecule is COc1cccc(-n2ccn(Cc3ccccc3Cl)c(=O)c2=O)c1. The lowest BCUT2D eigenvalue weighted by molar-refractivity contribution is 0.414. The van der Waals surface area contributed by atoms with E-state index in [2.05, 4.69) is 0 Å². The molecule has 0 radical (unpaired) electrons. The van der Waals surface area contributed by atoms with E-state index in [0.717, 1.165) is 5.56 Å². The molecular formula is C18H15ClN2O3. The van der Waals surface area contributed by atoms with Crippen molar-refractivity contribution in [2.45, 2.75) is 6.54 Å². The third kappa shape index (κ3) is 3.12. The Morgan fingerprint density at radius 3 is 2.54 bits per heavy atom. The molecule has 0 aliphatic rings. The van der Waals surface area contributed by atoms with Crippen LogP contribution in [0.1, 0.15) is 5.56 Å². The molecule has 0 unspecified atom stereocenters. The molecule has 0 aliphatic heterocycles.